The van der Waals surface area contributed by atoms with Crippen LogP contribution >= 0.6 is 0 Å². The van der Waals surface area contributed by atoms with Crippen LogP contribution in [0.15, 0.2) is 5.10 Å². The van der Waals surface area contributed by atoms with Crippen LogP contribution in [0.1, 0.15) is 46.0 Å². The van der Waals surface area contributed by atoms with Crippen molar-refractivity contribution in [3.63, 3.8) is 0 Å². The lowest BCUT2D eigenvalue weighted by Gasteiger charge is -2.39. The summed E-state index contributed by atoms with van der Waals surface area (Å²) in [6.07, 6.45) is 6.48. The second kappa shape index (κ2) is 4.92. The highest BCUT2D eigenvalue weighted by molar-refractivity contribution is 5.56. The fourth-order valence-corrected chi connectivity index (χ4v) is 2.30. The molecule has 2 fully saturated rings. The molecule has 0 aromatic heterocycles. The molecular formula is C13H24FN3. The van der Waals surface area contributed by atoms with Gasteiger partial charge in [-0.05, 0) is 39.0 Å². The van der Waals surface area contributed by atoms with Crippen LogP contribution in [0.4, 0.5) is 4.39 Å². The number of hydrogen-bond acceptors (Lipinski definition) is 3. The normalized spacial score (nSPS) is 27.2. The average Bonchev–Trinajstić information content (AvgIpc) is 3.01. The summed E-state index contributed by atoms with van der Waals surface area (Å²) in [5, 5.41) is 4.23. The van der Waals surface area contributed by atoms with Crippen LogP contribution in [0.25, 0.3) is 0 Å². The topological polar surface area (TPSA) is 27.6 Å². The number of halogens is 1. The molecule has 0 aromatic carbocycles. The van der Waals surface area contributed by atoms with E-state index in [0.29, 0.717) is 6.54 Å². The summed E-state index contributed by atoms with van der Waals surface area (Å²) in [6, 6.07) is 0. The zero-order chi connectivity index (χ0) is 12.4. The molecule has 4 heteroatoms. The summed E-state index contributed by atoms with van der Waals surface area (Å²) >= 11 is 0. The Balaban J connectivity index is 1.74. The minimum atomic E-state index is -0.846. The number of nitrogens with one attached hydrogen (secondary N) is 1. The molecule has 0 spiro atoms. The maximum Gasteiger partial charge on any atom is 0.123 e. The largest absolute Gasteiger partial charge is 0.304 e. The van der Waals surface area contributed by atoms with E-state index in [0.717, 1.165) is 45.2 Å². The first kappa shape index (κ1) is 12.8. The maximum atomic E-state index is 13.6. The van der Waals surface area contributed by atoms with Crippen molar-refractivity contribution in [2.24, 2.45) is 5.10 Å². The molecule has 98 valence electrons. The van der Waals surface area contributed by atoms with Gasteiger partial charge in [-0.15, -0.1) is 0 Å². The van der Waals surface area contributed by atoms with Crippen LogP contribution in [0.3, 0.4) is 0 Å². The van der Waals surface area contributed by atoms with Crippen molar-refractivity contribution >= 4 is 6.21 Å². The van der Waals surface area contributed by atoms with E-state index in [1.165, 1.54) is 0 Å². The lowest BCUT2D eigenvalue weighted by Crippen LogP contribution is -2.50. The van der Waals surface area contributed by atoms with Gasteiger partial charge in [0.15, 0.2) is 0 Å². The van der Waals surface area contributed by atoms with E-state index in [1.807, 2.05) is 6.21 Å². The number of alkyl halides is 1. The molecule has 1 aliphatic heterocycles. The van der Waals surface area contributed by atoms with E-state index in [-0.39, 0.29) is 5.54 Å². The van der Waals surface area contributed by atoms with Gasteiger partial charge in [0.25, 0.3) is 0 Å². The Hall–Kier alpha value is -0.640. The Morgan fingerprint density at radius 1 is 1.29 bits per heavy atom. The van der Waals surface area contributed by atoms with Crippen molar-refractivity contribution in [2.75, 3.05) is 19.6 Å². The van der Waals surface area contributed by atoms with Gasteiger partial charge < -0.3 is 5.43 Å². The standard InChI is InChI=1S/C13H24FN3/c1-3-8-15-16-12(2)6-9-17(10-7-12)11-13(14)4-5-13/h8,16H,3-7,9-11H2,1-2H3/b15-8-. The summed E-state index contributed by atoms with van der Waals surface area (Å²) in [5.74, 6) is 0. The predicted octanol–water partition coefficient (Wildman–Crippen LogP) is 2.33. The molecule has 1 saturated heterocycles. The second-order valence-corrected chi connectivity index (χ2v) is 5.82. The molecular weight excluding hydrogens is 217 g/mol. The Morgan fingerprint density at radius 2 is 1.94 bits per heavy atom. The lowest BCUT2D eigenvalue weighted by atomic mass is 9.90. The highest BCUT2D eigenvalue weighted by atomic mass is 19.1. The Morgan fingerprint density at radius 3 is 2.47 bits per heavy atom. The van der Waals surface area contributed by atoms with Crippen LogP contribution in [-0.4, -0.2) is 42.0 Å². The second-order valence-electron chi connectivity index (χ2n) is 5.82. The first-order valence-corrected chi connectivity index (χ1v) is 6.75. The molecule has 2 rings (SSSR count). The van der Waals surface area contributed by atoms with Crippen molar-refractivity contribution in [2.45, 2.75) is 57.2 Å². The molecule has 0 radical (unpaired) electrons. The van der Waals surface area contributed by atoms with Gasteiger partial charge in [-0.1, -0.05) is 6.92 Å². The third-order valence-electron chi connectivity index (χ3n) is 3.87. The molecule has 0 atom stereocenters. The lowest BCUT2D eigenvalue weighted by molar-refractivity contribution is 0.109. The van der Waals surface area contributed by atoms with Crippen molar-refractivity contribution in [3.8, 4) is 0 Å². The van der Waals surface area contributed by atoms with Crippen LogP contribution < -0.4 is 5.43 Å². The van der Waals surface area contributed by atoms with E-state index in [2.05, 4.69) is 29.3 Å². The molecule has 1 aliphatic carbocycles. The number of likely N-dealkylation sites (tertiary alicyclic amines) is 1. The van der Waals surface area contributed by atoms with Gasteiger partial charge in [0.2, 0.25) is 0 Å². The molecule has 0 amide bonds. The molecule has 3 nitrogen and oxygen atoms in total. The van der Waals surface area contributed by atoms with Crippen LogP contribution in [0.2, 0.25) is 0 Å². The van der Waals surface area contributed by atoms with E-state index >= 15 is 0 Å². The highest BCUT2D eigenvalue weighted by Crippen LogP contribution is 2.41. The van der Waals surface area contributed by atoms with Crippen molar-refractivity contribution in [1.82, 2.24) is 10.3 Å². The fourth-order valence-electron chi connectivity index (χ4n) is 2.30. The first-order chi connectivity index (χ1) is 8.05. The number of rotatable bonds is 5. The van der Waals surface area contributed by atoms with Crippen LogP contribution in [-0.2, 0) is 0 Å². The number of nitrogens with zero attached hydrogens (tertiary/aromatic N) is 2. The Bertz CT molecular complexity index is 278. The minimum absolute atomic E-state index is 0.0925. The zero-order valence-electron chi connectivity index (χ0n) is 11.0. The molecule has 1 saturated carbocycles. The molecule has 2 aliphatic rings. The number of hydrogen-bond donors (Lipinski definition) is 1. The van der Waals surface area contributed by atoms with Crippen molar-refractivity contribution in [1.29, 1.82) is 0 Å². The zero-order valence-corrected chi connectivity index (χ0v) is 11.0. The third-order valence-corrected chi connectivity index (χ3v) is 3.87. The molecule has 1 N–H and O–H groups in total. The summed E-state index contributed by atoms with van der Waals surface area (Å²) in [4.78, 5) is 2.26. The third kappa shape index (κ3) is 3.66. The van der Waals surface area contributed by atoms with E-state index in [4.69, 9.17) is 0 Å². The summed E-state index contributed by atoms with van der Waals surface area (Å²) in [7, 11) is 0. The van der Waals surface area contributed by atoms with Gasteiger partial charge in [0.1, 0.15) is 5.67 Å². The van der Waals surface area contributed by atoms with Crippen molar-refractivity contribution in [3.05, 3.63) is 0 Å². The summed E-state index contributed by atoms with van der Waals surface area (Å²) < 4.78 is 13.6. The highest BCUT2D eigenvalue weighted by Gasteiger charge is 2.45. The van der Waals surface area contributed by atoms with E-state index in [1.54, 1.807) is 0 Å². The van der Waals surface area contributed by atoms with E-state index in [9.17, 15) is 4.39 Å². The van der Waals surface area contributed by atoms with Crippen molar-refractivity contribution < 1.29 is 4.39 Å². The van der Waals surface area contributed by atoms with Gasteiger partial charge in [0.05, 0.1) is 5.54 Å². The molecule has 0 aromatic rings. The Kier molecular flexibility index (Phi) is 3.71. The molecule has 0 unspecified atom stereocenters. The molecule has 17 heavy (non-hydrogen) atoms. The molecule has 0 bridgehead atoms. The monoisotopic (exact) mass is 241 g/mol. The average molecular weight is 241 g/mol. The van der Waals surface area contributed by atoms with Gasteiger partial charge in [-0.25, -0.2) is 4.39 Å². The first-order valence-electron chi connectivity index (χ1n) is 6.75. The smallest absolute Gasteiger partial charge is 0.123 e. The number of hydrazone groups is 1. The SMILES string of the molecule is CC/C=N\NC1(C)CCN(CC2(F)CC2)CC1. The fraction of sp³-hybridized carbons (Fsp3) is 0.923. The molecule has 1 heterocycles. The summed E-state index contributed by atoms with van der Waals surface area (Å²) in [6.45, 7) is 6.89. The minimum Gasteiger partial charge on any atom is -0.304 e. The maximum absolute atomic E-state index is 13.6. The number of piperidine rings is 1. The van der Waals surface area contributed by atoms with Gasteiger partial charge in [-0.2, -0.15) is 5.10 Å². The summed E-state index contributed by atoms with van der Waals surface area (Å²) in [5.41, 5.74) is 2.49. The van der Waals surface area contributed by atoms with E-state index < -0.39 is 5.67 Å². The predicted molar refractivity (Wildman–Crippen MR) is 69.1 cm³/mol. The quantitative estimate of drug-likeness (QED) is 0.591. The van der Waals surface area contributed by atoms with Gasteiger partial charge in [0, 0.05) is 25.8 Å². The van der Waals surface area contributed by atoms with Gasteiger partial charge >= 0.3 is 0 Å². The van der Waals surface area contributed by atoms with Crippen LogP contribution in [0, 0.1) is 0 Å². The Labute approximate surface area is 103 Å². The van der Waals surface area contributed by atoms with Gasteiger partial charge in [-0.3, -0.25) is 4.90 Å². The van der Waals surface area contributed by atoms with Crippen LogP contribution in [0.5, 0.6) is 0 Å².